The molecule has 1 amide bonds. The Kier molecular flexibility index (Phi) is 7.07. The molecule has 0 aliphatic carbocycles. The lowest BCUT2D eigenvalue weighted by atomic mass is 10.0. The molecule has 152 valence electrons. The van der Waals surface area contributed by atoms with Crippen molar-refractivity contribution in [2.24, 2.45) is 0 Å². The van der Waals surface area contributed by atoms with Gasteiger partial charge in [-0.3, -0.25) is 9.59 Å². The molecule has 7 nitrogen and oxygen atoms in total. The van der Waals surface area contributed by atoms with Crippen LogP contribution >= 0.6 is 11.6 Å². The van der Waals surface area contributed by atoms with Gasteiger partial charge in [-0.05, 0) is 32.4 Å². The molecule has 1 aromatic carbocycles. The summed E-state index contributed by atoms with van der Waals surface area (Å²) in [7, 11) is 0. The van der Waals surface area contributed by atoms with Gasteiger partial charge in [-0.1, -0.05) is 18.2 Å². The third kappa shape index (κ3) is 5.73. The van der Waals surface area contributed by atoms with Crippen molar-refractivity contribution >= 4 is 40.3 Å². The van der Waals surface area contributed by atoms with Crippen LogP contribution in [0.2, 0.25) is 0 Å². The topological polar surface area (TPSA) is 99.7 Å². The number of rotatable bonds is 8. The number of carboxylic acid groups (broad SMARTS) is 1. The lowest BCUT2D eigenvalue weighted by molar-refractivity contribution is -0.165. The zero-order valence-electron chi connectivity index (χ0n) is 16.2. The number of alkyl halides is 1. The van der Waals surface area contributed by atoms with E-state index in [4.69, 9.17) is 21.4 Å². The molecule has 0 radical (unpaired) electrons. The molecule has 0 unspecified atom stereocenters. The van der Waals surface area contributed by atoms with Gasteiger partial charge < -0.3 is 19.7 Å². The number of aromatic amines is 1. The average molecular weight is 409 g/mol. The lowest BCUT2D eigenvalue weighted by Gasteiger charge is -2.32. The van der Waals surface area contributed by atoms with Crippen LogP contribution in [-0.2, 0) is 25.5 Å². The highest BCUT2D eigenvalue weighted by Crippen LogP contribution is 2.23. The summed E-state index contributed by atoms with van der Waals surface area (Å²) in [5, 5.41) is 9.95. The molecule has 0 saturated carbocycles. The summed E-state index contributed by atoms with van der Waals surface area (Å²) >= 11 is 5.72. The van der Waals surface area contributed by atoms with E-state index in [-0.39, 0.29) is 25.3 Å². The Morgan fingerprint density at radius 3 is 2.54 bits per heavy atom. The fraction of sp³-hybridized carbons (Fsp3) is 0.450. The average Bonchev–Trinajstić information content (AvgIpc) is 3.02. The monoisotopic (exact) mass is 408 g/mol. The molecular formula is C20H25ClN2O5. The van der Waals surface area contributed by atoms with Gasteiger partial charge in [0, 0.05) is 30.1 Å². The van der Waals surface area contributed by atoms with Crippen molar-refractivity contribution in [2.45, 2.75) is 45.3 Å². The fourth-order valence-electron chi connectivity index (χ4n) is 2.95. The van der Waals surface area contributed by atoms with Crippen LogP contribution in [0.3, 0.4) is 0 Å². The standard InChI is InChI=1S/C20H25ClN2O5/c1-20(2,3)28-19(27)16(23(17(24)11-21)9-8-18(25)26)10-13-12-22-15-7-5-4-6-14(13)15/h4-7,12,16,22H,8-11H2,1-3H3,(H,25,26)/t16-/m0/s1. The number of halogens is 1. The highest BCUT2D eigenvalue weighted by Gasteiger charge is 2.34. The van der Waals surface area contributed by atoms with E-state index in [9.17, 15) is 14.4 Å². The number of hydrogen-bond donors (Lipinski definition) is 2. The normalized spacial score (nSPS) is 12.6. The Hall–Kier alpha value is -2.54. The summed E-state index contributed by atoms with van der Waals surface area (Å²) in [5.41, 5.74) is 0.980. The molecule has 0 spiro atoms. The first-order valence-corrected chi connectivity index (χ1v) is 9.51. The van der Waals surface area contributed by atoms with Crippen LogP contribution < -0.4 is 0 Å². The number of H-pyrrole nitrogens is 1. The SMILES string of the molecule is CC(C)(C)OC(=O)[C@H](Cc1c[nH]c2ccccc12)N(CCC(=O)O)C(=O)CCl. The number of aromatic nitrogens is 1. The second kappa shape index (κ2) is 9.10. The molecule has 2 N–H and O–H groups in total. The summed E-state index contributed by atoms with van der Waals surface area (Å²) in [6.07, 6.45) is 1.67. The Balaban J connectivity index is 2.40. The Morgan fingerprint density at radius 2 is 1.93 bits per heavy atom. The number of aliphatic carboxylic acids is 1. The molecule has 0 saturated heterocycles. The molecule has 1 aromatic heterocycles. The van der Waals surface area contributed by atoms with E-state index >= 15 is 0 Å². The number of carbonyl (C=O) groups is 3. The maximum atomic E-state index is 12.9. The van der Waals surface area contributed by atoms with Gasteiger partial charge in [-0.25, -0.2) is 4.79 Å². The first kappa shape index (κ1) is 21.8. The number of benzene rings is 1. The molecule has 1 atom stereocenters. The zero-order chi connectivity index (χ0) is 20.9. The lowest BCUT2D eigenvalue weighted by Crippen LogP contribution is -2.50. The molecular weight excluding hydrogens is 384 g/mol. The molecule has 0 fully saturated rings. The predicted molar refractivity (Wildman–Crippen MR) is 106 cm³/mol. The minimum atomic E-state index is -1.07. The van der Waals surface area contributed by atoms with Crippen LogP contribution in [0, 0.1) is 0 Å². The molecule has 28 heavy (non-hydrogen) atoms. The van der Waals surface area contributed by atoms with Crippen molar-refractivity contribution in [3.8, 4) is 0 Å². The van der Waals surface area contributed by atoms with Crippen LogP contribution in [0.15, 0.2) is 30.5 Å². The van der Waals surface area contributed by atoms with Gasteiger partial charge in [0.25, 0.3) is 0 Å². The molecule has 0 bridgehead atoms. The van der Waals surface area contributed by atoms with E-state index in [1.807, 2.05) is 24.3 Å². The second-order valence-corrected chi connectivity index (χ2v) is 7.74. The van der Waals surface area contributed by atoms with E-state index in [0.717, 1.165) is 16.5 Å². The second-order valence-electron chi connectivity index (χ2n) is 7.48. The Morgan fingerprint density at radius 1 is 1.25 bits per heavy atom. The fourth-order valence-corrected chi connectivity index (χ4v) is 3.10. The van der Waals surface area contributed by atoms with Crippen LogP contribution in [0.4, 0.5) is 0 Å². The van der Waals surface area contributed by atoms with Gasteiger partial charge >= 0.3 is 11.9 Å². The van der Waals surface area contributed by atoms with Crippen molar-refractivity contribution in [3.05, 3.63) is 36.0 Å². The third-order valence-electron chi connectivity index (χ3n) is 4.14. The number of carboxylic acids is 1. The predicted octanol–water partition coefficient (Wildman–Crippen LogP) is 2.96. The number of nitrogens with zero attached hydrogens (tertiary/aromatic N) is 1. The number of esters is 1. The zero-order valence-corrected chi connectivity index (χ0v) is 17.0. The van der Waals surface area contributed by atoms with Gasteiger partial charge in [-0.15, -0.1) is 11.6 Å². The van der Waals surface area contributed by atoms with Crippen LogP contribution in [0.1, 0.15) is 32.8 Å². The van der Waals surface area contributed by atoms with E-state index in [1.54, 1.807) is 27.0 Å². The van der Waals surface area contributed by atoms with Crippen LogP contribution in [0.5, 0.6) is 0 Å². The van der Waals surface area contributed by atoms with Crippen molar-refractivity contribution in [3.63, 3.8) is 0 Å². The summed E-state index contributed by atoms with van der Waals surface area (Å²) in [5.74, 6) is -2.53. The van der Waals surface area contributed by atoms with Gasteiger partial charge in [0.1, 0.15) is 17.5 Å². The smallest absolute Gasteiger partial charge is 0.329 e. The molecule has 8 heteroatoms. The number of nitrogens with one attached hydrogen (secondary N) is 1. The highest BCUT2D eigenvalue weighted by atomic mass is 35.5. The van der Waals surface area contributed by atoms with Crippen molar-refractivity contribution in [1.29, 1.82) is 0 Å². The maximum Gasteiger partial charge on any atom is 0.329 e. The molecule has 1 heterocycles. The Labute approximate surface area is 168 Å². The van der Waals surface area contributed by atoms with Gasteiger partial charge in [0.15, 0.2) is 0 Å². The van der Waals surface area contributed by atoms with Crippen molar-refractivity contribution < 1.29 is 24.2 Å². The molecule has 2 aromatic rings. The van der Waals surface area contributed by atoms with Crippen molar-refractivity contribution in [1.82, 2.24) is 9.88 Å². The van der Waals surface area contributed by atoms with Gasteiger partial charge in [0.2, 0.25) is 5.91 Å². The molecule has 0 aliphatic rings. The van der Waals surface area contributed by atoms with E-state index in [1.165, 1.54) is 4.90 Å². The summed E-state index contributed by atoms with van der Waals surface area (Å²) in [6.45, 7) is 5.07. The van der Waals surface area contributed by atoms with E-state index in [0.29, 0.717) is 0 Å². The number of para-hydroxylation sites is 1. The van der Waals surface area contributed by atoms with Gasteiger partial charge in [0.05, 0.1) is 6.42 Å². The van der Waals surface area contributed by atoms with E-state index in [2.05, 4.69) is 4.98 Å². The number of carbonyl (C=O) groups excluding carboxylic acids is 2. The number of hydrogen-bond acceptors (Lipinski definition) is 4. The van der Waals surface area contributed by atoms with Gasteiger partial charge in [-0.2, -0.15) is 0 Å². The largest absolute Gasteiger partial charge is 0.481 e. The van der Waals surface area contributed by atoms with Crippen molar-refractivity contribution in [2.75, 3.05) is 12.4 Å². The number of amides is 1. The third-order valence-corrected chi connectivity index (χ3v) is 4.37. The summed E-state index contributed by atoms with van der Waals surface area (Å²) in [6, 6.07) is 6.62. The van der Waals surface area contributed by atoms with E-state index < -0.39 is 29.5 Å². The highest BCUT2D eigenvalue weighted by molar-refractivity contribution is 6.27. The first-order chi connectivity index (χ1) is 13.1. The summed E-state index contributed by atoms with van der Waals surface area (Å²) < 4.78 is 5.51. The maximum absolute atomic E-state index is 12.9. The number of fused-ring (bicyclic) bond motifs is 1. The minimum Gasteiger partial charge on any atom is -0.481 e. The minimum absolute atomic E-state index is 0.132. The Bertz CT molecular complexity index is 856. The molecule has 2 rings (SSSR count). The molecule has 0 aliphatic heterocycles. The number of ether oxygens (including phenoxy) is 1. The van der Waals surface area contributed by atoms with Crippen LogP contribution in [0.25, 0.3) is 10.9 Å². The first-order valence-electron chi connectivity index (χ1n) is 8.97. The quantitative estimate of drug-likeness (QED) is 0.516. The van der Waals surface area contributed by atoms with Crippen LogP contribution in [-0.4, -0.2) is 56.9 Å². The summed E-state index contributed by atoms with van der Waals surface area (Å²) in [4.78, 5) is 40.7.